The maximum atomic E-state index is 6.06. The van der Waals surface area contributed by atoms with E-state index in [9.17, 15) is 0 Å². The third kappa shape index (κ3) is 6.42. The van der Waals surface area contributed by atoms with Gasteiger partial charge in [-0.25, -0.2) is 0 Å². The fourth-order valence-electron chi connectivity index (χ4n) is 1.92. The first-order valence-corrected chi connectivity index (χ1v) is 7.69. The number of hydrogen-bond donors (Lipinski definition) is 1. The molecule has 5 heteroatoms. The average molecular weight is 320 g/mol. The Kier molecular flexibility index (Phi) is 9.23. The molecule has 1 unspecified atom stereocenters. The van der Waals surface area contributed by atoms with Crippen molar-refractivity contribution in [1.82, 2.24) is 5.32 Å². The zero-order valence-electron chi connectivity index (χ0n) is 12.1. The molecule has 0 radical (unpaired) electrons. The Bertz CT molecular complexity index is 388. The highest BCUT2D eigenvalue weighted by Crippen LogP contribution is 2.26. The molecular formula is C15H23Cl2NO2. The Hall–Kier alpha value is -0.320. The van der Waals surface area contributed by atoms with Crippen LogP contribution in [0.2, 0.25) is 10.0 Å². The topological polar surface area (TPSA) is 30.5 Å². The number of rotatable bonds is 10. The van der Waals surface area contributed by atoms with Crippen LogP contribution in [0.4, 0.5) is 0 Å². The van der Waals surface area contributed by atoms with Crippen molar-refractivity contribution in [1.29, 1.82) is 0 Å². The minimum atomic E-state index is 0.295. The highest BCUT2D eigenvalue weighted by molar-refractivity contribution is 6.42. The Balaban J connectivity index is 2.30. The molecule has 1 atom stereocenters. The Labute approximate surface area is 131 Å². The van der Waals surface area contributed by atoms with Crippen molar-refractivity contribution in [2.75, 3.05) is 33.5 Å². The van der Waals surface area contributed by atoms with Crippen LogP contribution in [0.1, 0.15) is 31.4 Å². The summed E-state index contributed by atoms with van der Waals surface area (Å²) in [6.07, 6.45) is 1.98. The molecule has 1 aromatic carbocycles. The fraction of sp³-hybridized carbons (Fsp3) is 0.600. The molecule has 0 saturated heterocycles. The van der Waals surface area contributed by atoms with Crippen molar-refractivity contribution in [3.05, 3.63) is 33.8 Å². The van der Waals surface area contributed by atoms with Crippen molar-refractivity contribution in [3.8, 4) is 0 Å². The quantitative estimate of drug-likeness (QED) is 0.659. The van der Waals surface area contributed by atoms with Gasteiger partial charge in [0.2, 0.25) is 0 Å². The zero-order valence-corrected chi connectivity index (χ0v) is 13.6. The molecule has 20 heavy (non-hydrogen) atoms. The predicted molar refractivity (Wildman–Crippen MR) is 84.8 cm³/mol. The molecule has 0 aliphatic rings. The monoisotopic (exact) mass is 319 g/mol. The van der Waals surface area contributed by atoms with Crippen LogP contribution >= 0.6 is 23.2 Å². The van der Waals surface area contributed by atoms with Crippen LogP contribution in [-0.4, -0.2) is 33.5 Å². The first-order chi connectivity index (χ1) is 9.69. The van der Waals surface area contributed by atoms with E-state index < -0.39 is 0 Å². The maximum Gasteiger partial charge on any atom is 0.0700 e. The van der Waals surface area contributed by atoms with E-state index in [0.717, 1.165) is 26.0 Å². The van der Waals surface area contributed by atoms with Gasteiger partial charge in [-0.05, 0) is 37.1 Å². The summed E-state index contributed by atoms with van der Waals surface area (Å²) in [5.74, 6) is 0. The molecule has 0 aliphatic carbocycles. The van der Waals surface area contributed by atoms with Crippen LogP contribution in [0.5, 0.6) is 0 Å². The molecule has 0 heterocycles. The number of hydrogen-bond acceptors (Lipinski definition) is 3. The molecule has 0 saturated carbocycles. The standard InChI is InChI=1S/C15H23Cl2NO2/c1-3-15(12-5-6-13(16)14(17)11-12)18-7-4-8-20-10-9-19-2/h5-6,11,15,18H,3-4,7-10H2,1-2H3. The Morgan fingerprint density at radius 1 is 1.15 bits per heavy atom. The molecule has 1 rings (SSSR count). The van der Waals surface area contributed by atoms with Crippen LogP contribution in [0, 0.1) is 0 Å². The molecule has 3 nitrogen and oxygen atoms in total. The van der Waals surface area contributed by atoms with Crippen LogP contribution in [0.15, 0.2) is 18.2 Å². The molecule has 0 bridgehead atoms. The molecule has 0 fully saturated rings. The second-order valence-electron chi connectivity index (χ2n) is 4.55. The predicted octanol–water partition coefficient (Wildman–Crippen LogP) is 4.09. The lowest BCUT2D eigenvalue weighted by Crippen LogP contribution is -2.23. The van der Waals surface area contributed by atoms with Gasteiger partial charge in [-0.1, -0.05) is 36.2 Å². The zero-order chi connectivity index (χ0) is 14.8. The van der Waals surface area contributed by atoms with Gasteiger partial charge in [-0.2, -0.15) is 0 Å². The minimum absolute atomic E-state index is 0.295. The molecule has 0 aromatic heterocycles. The third-order valence-electron chi connectivity index (χ3n) is 3.04. The van der Waals surface area contributed by atoms with Gasteiger partial charge in [0.25, 0.3) is 0 Å². The fourth-order valence-corrected chi connectivity index (χ4v) is 2.23. The van der Waals surface area contributed by atoms with E-state index in [1.807, 2.05) is 18.2 Å². The highest BCUT2D eigenvalue weighted by atomic mass is 35.5. The van der Waals surface area contributed by atoms with Crippen LogP contribution < -0.4 is 5.32 Å². The first-order valence-electron chi connectivity index (χ1n) is 6.94. The maximum absolute atomic E-state index is 6.06. The summed E-state index contributed by atoms with van der Waals surface area (Å²) in [6.45, 7) is 5.10. The Morgan fingerprint density at radius 2 is 1.95 bits per heavy atom. The molecule has 1 aromatic rings. The number of methoxy groups -OCH3 is 1. The van der Waals surface area contributed by atoms with Crippen molar-refractivity contribution in [2.24, 2.45) is 0 Å². The lowest BCUT2D eigenvalue weighted by Gasteiger charge is -2.18. The van der Waals surface area contributed by atoms with Crippen molar-refractivity contribution >= 4 is 23.2 Å². The second kappa shape index (κ2) is 10.4. The van der Waals surface area contributed by atoms with Gasteiger partial charge in [-0.15, -0.1) is 0 Å². The molecule has 1 N–H and O–H groups in total. The SMILES string of the molecule is CCC(NCCCOCCOC)c1ccc(Cl)c(Cl)c1. The van der Waals surface area contributed by atoms with Crippen LogP contribution in [0.25, 0.3) is 0 Å². The van der Waals surface area contributed by atoms with Gasteiger partial charge < -0.3 is 14.8 Å². The van der Waals surface area contributed by atoms with Crippen LogP contribution in [-0.2, 0) is 9.47 Å². The lowest BCUT2D eigenvalue weighted by atomic mass is 10.0. The largest absolute Gasteiger partial charge is 0.382 e. The molecule has 114 valence electrons. The number of nitrogens with one attached hydrogen (secondary N) is 1. The van der Waals surface area contributed by atoms with Crippen molar-refractivity contribution < 1.29 is 9.47 Å². The van der Waals surface area contributed by atoms with Gasteiger partial charge in [0.15, 0.2) is 0 Å². The summed E-state index contributed by atoms with van der Waals surface area (Å²) in [6, 6.07) is 6.09. The first kappa shape index (κ1) is 17.7. The van der Waals surface area contributed by atoms with E-state index in [1.165, 1.54) is 5.56 Å². The van der Waals surface area contributed by atoms with Gasteiger partial charge in [0, 0.05) is 19.8 Å². The van der Waals surface area contributed by atoms with E-state index in [4.69, 9.17) is 32.7 Å². The summed E-state index contributed by atoms with van der Waals surface area (Å²) in [5.41, 5.74) is 1.17. The number of benzene rings is 1. The van der Waals surface area contributed by atoms with E-state index in [1.54, 1.807) is 7.11 Å². The van der Waals surface area contributed by atoms with E-state index in [-0.39, 0.29) is 0 Å². The summed E-state index contributed by atoms with van der Waals surface area (Å²) < 4.78 is 10.3. The van der Waals surface area contributed by atoms with E-state index >= 15 is 0 Å². The van der Waals surface area contributed by atoms with Crippen molar-refractivity contribution in [2.45, 2.75) is 25.8 Å². The summed E-state index contributed by atoms with van der Waals surface area (Å²) >= 11 is 12.0. The molecule has 0 spiro atoms. The normalized spacial score (nSPS) is 12.6. The summed E-state index contributed by atoms with van der Waals surface area (Å²) in [7, 11) is 1.67. The minimum Gasteiger partial charge on any atom is -0.382 e. The van der Waals surface area contributed by atoms with Gasteiger partial charge in [-0.3, -0.25) is 0 Å². The molecule has 0 aliphatic heterocycles. The molecule has 0 amide bonds. The van der Waals surface area contributed by atoms with Crippen molar-refractivity contribution in [3.63, 3.8) is 0 Å². The smallest absolute Gasteiger partial charge is 0.0700 e. The average Bonchev–Trinajstić information content (AvgIpc) is 2.45. The highest BCUT2D eigenvalue weighted by Gasteiger charge is 2.09. The van der Waals surface area contributed by atoms with E-state index in [2.05, 4.69) is 12.2 Å². The lowest BCUT2D eigenvalue weighted by molar-refractivity contribution is 0.0692. The van der Waals surface area contributed by atoms with Gasteiger partial charge >= 0.3 is 0 Å². The number of ether oxygens (including phenoxy) is 2. The van der Waals surface area contributed by atoms with Gasteiger partial charge in [0.1, 0.15) is 0 Å². The summed E-state index contributed by atoms with van der Waals surface area (Å²) in [5, 5.41) is 4.71. The Morgan fingerprint density at radius 3 is 2.60 bits per heavy atom. The second-order valence-corrected chi connectivity index (χ2v) is 5.36. The van der Waals surface area contributed by atoms with Crippen LogP contribution in [0.3, 0.4) is 0 Å². The summed E-state index contributed by atoms with van der Waals surface area (Å²) in [4.78, 5) is 0. The van der Waals surface area contributed by atoms with E-state index in [0.29, 0.717) is 29.3 Å². The third-order valence-corrected chi connectivity index (χ3v) is 3.78. The number of halogens is 2. The molecular weight excluding hydrogens is 297 g/mol. The van der Waals surface area contributed by atoms with Gasteiger partial charge in [0.05, 0.1) is 23.3 Å².